The van der Waals surface area contributed by atoms with E-state index in [-0.39, 0.29) is 29.9 Å². The zero-order valence-corrected chi connectivity index (χ0v) is 24.8. The van der Waals surface area contributed by atoms with Gasteiger partial charge in [-0.3, -0.25) is 9.52 Å². The molecule has 0 saturated heterocycles. The molecule has 2 aromatic carbocycles. The van der Waals surface area contributed by atoms with E-state index in [0.717, 1.165) is 32.8 Å². The van der Waals surface area contributed by atoms with E-state index in [1.165, 1.54) is 11.9 Å². The molecule has 0 fully saturated rings. The second kappa shape index (κ2) is 11.7. The molecule has 212 valence electrons. The summed E-state index contributed by atoms with van der Waals surface area (Å²) in [6.45, 7) is 11.2. The van der Waals surface area contributed by atoms with Crippen LogP contribution < -0.4 is 15.2 Å². The molecule has 4 aromatic rings. The van der Waals surface area contributed by atoms with Crippen molar-refractivity contribution in [1.82, 2.24) is 24.8 Å². The van der Waals surface area contributed by atoms with E-state index in [9.17, 15) is 4.79 Å². The molecule has 0 radical (unpaired) electrons. The molecule has 2 aromatic heterocycles. The summed E-state index contributed by atoms with van der Waals surface area (Å²) in [6, 6.07) is 15.3. The van der Waals surface area contributed by atoms with Crippen LogP contribution in [-0.4, -0.2) is 43.4 Å². The zero-order chi connectivity index (χ0) is 29.1. The molecule has 41 heavy (non-hydrogen) atoms. The van der Waals surface area contributed by atoms with E-state index in [2.05, 4.69) is 66.4 Å². The van der Waals surface area contributed by atoms with Gasteiger partial charge in [0.2, 0.25) is 17.8 Å². The molecule has 1 atom stereocenters. The molecule has 3 heterocycles. The molecule has 0 unspecified atom stereocenters. The first-order valence-electron chi connectivity index (χ1n) is 13.5. The minimum atomic E-state index is -0.271. The van der Waals surface area contributed by atoms with E-state index >= 15 is 0 Å². The number of aryl methyl sites for hydroxylation is 2. The summed E-state index contributed by atoms with van der Waals surface area (Å²) < 4.78 is 9.67. The molecule has 0 spiro atoms. The van der Waals surface area contributed by atoms with Crippen LogP contribution in [0.3, 0.4) is 0 Å². The van der Waals surface area contributed by atoms with Gasteiger partial charge < -0.3 is 15.4 Å². The van der Waals surface area contributed by atoms with Gasteiger partial charge in [0.25, 0.3) is 5.91 Å². The lowest BCUT2D eigenvalue weighted by atomic mass is 9.87. The molecule has 0 saturated carbocycles. The number of nitrogens with two attached hydrogens (primary N) is 1. The van der Waals surface area contributed by atoms with Crippen molar-refractivity contribution in [3.05, 3.63) is 83.2 Å². The Bertz CT molecular complexity index is 1530. The predicted octanol–water partition coefficient (Wildman–Crippen LogP) is 6.09. The summed E-state index contributed by atoms with van der Waals surface area (Å²) in [5.74, 6) is 0.963. The average Bonchev–Trinajstić information content (AvgIpc) is 2.93. The Kier molecular flexibility index (Phi) is 8.12. The number of hydrogen-bond donors (Lipinski definition) is 2. The molecule has 4 bridgehead atoms. The molecule has 10 heteroatoms. The Balaban J connectivity index is 1.60. The monoisotopic (exact) mass is 569 g/mol. The van der Waals surface area contributed by atoms with Crippen molar-refractivity contribution >= 4 is 29.8 Å². The lowest BCUT2D eigenvalue weighted by Gasteiger charge is -2.35. The topological polar surface area (TPSA) is 119 Å². The van der Waals surface area contributed by atoms with E-state index < -0.39 is 0 Å². The minimum absolute atomic E-state index is 0.0857. The van der Waals surface area contributed by atoms with Crippen LogP contribution >= 0.6 is 11.9 Å². The van der Waals surface area contributed by atoms with Crippen LogP contribution in [0.2, 0.25) is 0 Å². The van der Waals surface area contributed by atoms with Crippen LogP contribution in [0.4, 0.5) is 11.9 Å². The van der Waals surface area contributed by atoms with Crippen molar-refractivity contribution in [2.75, 3.05) is 17.1 Å². The van der Waals surface area contributed by atoms with E-state index in [0.29, 0.717) is 30.4 Å². The third-order valence-electron chi connectivity index (χ3n) is 6.83. The fraction of sp³-hybridized carbons (Fsp3) is 0.323. The van der Waals surface area contributed by atoms with Gasteiger partial charge in [-0.15, -0.1) is 0 Å². The standard InChI is InChI=1S/C31H35N7O2S/c1-19-8-6-9-20(2)27(19)25-13-26-36-30(35-25)37-41-24-11-7-10-22(12-24)28(39)38(17-21-15-33-29(32)34-16-21)23(18-40-26)14-31(3,4)5/h6-13,15-16,23H,14,17-18H2,1-5H3,(H2,32,33,34)(H,35,36,37)/t23-/m1/s1. The van der Waals surface area contributed by atoms with Crippen LogP contribution in [0, 0.1) is 19.3 Å². The number of nitrogens with zero attached hydrogens (tertiary/aromatic N) is 5. The van der Waals surface area contributed by atoms with Crippen molar-refractivity contribution < 1.29 is 9.53 Å². The summed E-state index contributed by atoms with van der Waals surface area (Å²) >= 11 is 1.35. The molecular weight excluding hydrogens is 534 g/mol. The predicted molar refractivity (Wildman–Crippen MR) is 163 cm³/mol. The van der Waals surface area contributed by atoms with Crippen LogP contribution in [0.25, 0.3) is 11.3 Å². The maximum Gasteiger partial charge on any atom is 0.254 e. The number of nitrogen functional groups attached to an aromatic ring is 1. The maximum atomic E-state index is 14.1. The van der Waals surface area contributed by atoms with Crippen LogP contribution in [0.5, 0.6) is 5.88 Å². The highest BCUT2D eigenvalue weighted by molar-refractivity contribution is 8.00. The Morgan fingerprint density at radius 1 is 1.05 bits per heavy atom. The second-order valence-electron chi connectivity index (χ2n) is 11.5. The molecule has 0 aliphatic carbocycles. The van der Waals surface area contributed by atoms with Crippen molar-refractivity contribution in [2.45, 2.75) is 58.5 Å². The van der Waals surface area contributed by atoms with Crippen LogP contribution in [0.1, 0.15) is 54.2 Å². The Morgan fingerprint density at radius 2 is 1.76 bits per heavy atom. The second-order valence-corrected chi connectivity index (χ2v) is 12.4. The van der Waals surface area contributed by atoms with E-state index in [1.54, 1.807) is 12.4 Å². The summed E-state index contributed by atoms with van der Waals surface area (Å²) in [5.41, 5.74) is 11.1. The van der Waals surface area contributed by atoms with Gasteiger partial charge in [0.1, 0.15) is 6.61 Å². The summed E-state index contributed by atoms with van der Waals surface area (Å²) in [6.07, 6.45) is 4.02. The van der Waals surface area contributed by atoms with E-state index in [1.807, 2.05) is 41.3 Å². The zero-order valence-electron chi connectivity index (χ0n) is 24.0. The number of benzene rings is 2. The number of carbonyl (C=O) groups excluding carboxylic acids is 1. The number of rotatable bonds is 4. The summed E-state index contributed by atoms with van der Waals surface area (Å²) in [4.78, 5) is 34.7. The molecule has 9 nitrogen and oxygen atoms in total. The number of carbonyl (C=O) groups is 1. The average molecular weight is 570 g/mol. The smallest absolute Gasteiger partial charge is 0.254 e. The highest BCUT2D eigenvalue weighted by Gasteiger charge is 2.30. The van der Waals surface area contributed by atoms with Crippen molar-refractivity contribution in [3.8, 4) is 17.1 Å². The number of aromatic nitrogens is 4. The number of nitrogens with one attached hydrogen (secondary N) is 1. The normalized spacial score (nSPS) is 15.7. The fourth-order valence-electron chi connectivity index (χ4n) is 5.01. The summed E-state index contributed by atoms with van der Waals surface area (Å²) in [5, 5.41) is 0. The van der Waals surface area contributed by atoms with Gasteiger partial charge in [-0.1, -0.05) is 45.0 Å². The summed E-state index contributed by atoms with van der Waals surface area (Å²) in [7, 11) is 0. The van der Waals surface area contributed by atoms with Crippen molar-refractivity contribution in [1.29, 1.82) is 0 Å². The van der Waals surface area contributed by atoms with Gasteiger partial charge in [-0.05, 0) is 67.0 Å². The Hall–Kier alpha value is -4.18. The minimum Gasteiger partial charge on any atom is -0.475 e. The first kappa shape index (κ1) is 28.4. The highest BCUT2D eigenvalue weighted by atomic mass is 32.2. The maximum absolute atomic E-state index is 14.1. The lowest BCUT2D eigenvalue weighted by Crippen LogP contribution is -2.45. The molecular formula is C31H35N7O2S. The largest absolute Gasteiger partial charge is 0.475 e. The van der Waals surface area contributed by atoms with Gasteiger partial charge in [0.15, 0.2) is 0 Å². The fourth-order valence-corrected chi connectivity index (χ4v) is 5.64. The number of hydrogen-bond acceptors (Lipinski definition) is 9. The number of amides is 1. The SMILES string of the molecule is Cc1cccc(C)c1-c1cc2nc(n1)NSc1cccc(c1)C(=O)N(Cc1cnc(N)nc1)[C@H](CC(C)(C)C)CO2. The molecule has 1 amide bonds. The quantitative estimate of drug-likeness (QED) is 0.281. The molecule has 5 rings (SSSR count). The first-order valence-corrected chi connectivity index (χ1v) is 14.4. The van der Waals surface area contributed by atoms with Crippen LogP contribution in [-0.2, 0) is 6.54 Å². The third-order valence-corrected chi connectivity index (χ3v) is 7.61. The Labute approximate surface area is 245 Å². The molecule has 1 aliphatic heterocycles. The van der Waals surface area contributed by atoms with Gasteiger partial charge in [0.05, 0.1) is 11.7 Å². The number of ether oxygens (including phenoxy) is 1. The highest BCUT2D eigenvalue weighted by Crippen LogP contribution is 2.32. The third kappa shape index (κ3) is 6.94. The van der Waals surface area contributed by atoms with Gasteiger partial charge in [-0.2, -0.15) is 4.98 Å². The molecule has 1 aliphatic rings. The first-order chi connectivity index (χ1) is 19.6. The van der Waals surface area contributed by atoms with Crippen LogP contribution in [0.15, 0.2) is 65.8 Å². The van der Waals surface area contributed by atoms with Crippen molar-refractivity contribution in [3.63, 3.8) is 0 Å². The van der Waals surface area contributed by atoms with Gasteiger partial charge >= 0.3 is 0 Å². The van der Waals surface area contributed by atoms with Gasteiger partial charge in [-0.25, -0.2) is 15.0 Å². The lowest BCUT2D eigenvalue weighted by molar-refractivity contribution is 0.0512. The number of anilines is 2. The Morgan fingerprint density at radius 3 is 2.46 bits per heavy atom. The van der Waals surface area contributed by atoms with E-state index in [4.69, 9.17) is 15.5 Å². The van der Waals surface area contributed by atoms with Gasteiger partial charge in [0, 0.05) is 46.6 Å². The van der Waals surface area contributed by atoms with Crippen molar-refractivity contribution in [2.24, 2.45) is 5.41 Å². The number of fused-ring (bicyclic) bond motifs is 4. The molecule has 3 N–H and O–H groups in total.